The fourth-order valence-electron chi connectivity index (χ4n) is 1.57. The first kappa shape index (κ1) is 11.6. The normalized spacial score (nSPS) is 13.9. The molecule has 0 bridgehead atoms. The van der Waals surface area contributed by atoms with E-state index in [1.807, 2.05) is 0 Å². The molecular weight excluding hydrogens is 220 g/mol. The molecule has 0 fully saturated rings. The van der Waals surface area contributed by atoms with Crippen molar-refractivity contribution in [3.8, 4) is 11.5 Å². The van der Waals surface area contributed by atoms with Gasteiger partial charge in [-0.3, -0.25) is 4.79 Å². The van der Waals surface area contributed by atoms with E-state index in [-0.39, 0.29) is 5.91 Å². The molecule has 0 aliphatic carbocycles. The molecule has 3 N–H and O–H groups in total. The van der Waals surface area contributed by atoms with E-state index >= 15 is 0 Å². The van der Waals surface area contributed by atoms with Crippen molar-refractivity contribution in [1.82, 2.24) is 0 Å². The predicted octanol–water partition coefficient (Wildman–Crippen LogP) is 1.78. The summed E-state index contributed by atoms with van der Waals surface area (Å²) in [5.41, 5.74) is 6.90. The van der Waals surface area contributed by atoms with Crippen LogP contribution in [-0.4, -0.2) is 19.1 Å². The highest BCUT2D eigenvalue weighted by molar-refractivity contribution is 5.94. The number of nitrogen functional groups attached to an aromatic ring is 1. The number of fused-ring (bicyclic) bond motifs is 1. The predicted molar refractivity (Wildman–Crippen MR) is 65.4 cm³/mol. The van der Waals surface area contributed by atoms with E-state index in [1.165, 1.54) is 0 Å². The summed E-state index contributed by atoms with van der Waals surface area (Å²) in [7, 11) is 0. The lowest BCUT2D eigenvalue weighted by Crippen LogP contribution is -2.11. The van der Waals surface area contributed by atoms with Crippen LogP contribution < -0.4 is 20.5 Å². The van der Waals surface area contributed by atoms with Crippen LogP contribution in [0.2, 0.25) is 0 Å². The molecule has 0 radical (unpaired) electrons. The van der Waals surface area contributed by atoms with E-state index in [4.69, 9.17) is 15.2 Å². The number of anilines is 2. The molecule has 1 amide bonds. The van der Waals surface area contributed by atoms with Crippen molar-refractivity contribution < 1.29 is 14.3 Å². The van der Waals surface area contributed by atoms with Crippen LogP contribution in [-0.2, 0) is 4.79 Å². The van der Waals surface area contributed by atoms with Crippen molar-refractivity contribution in [2.45, 2.75) is 19.8 Å². The Balaban J connectivity index is 2.28. The van der Waals surface area contributed by atoms with E-state index in [0.717, 1.165) is 6.42 Å². The summed E-state index contributed by atoms with van der Waals surface area (Å²) in [5, 5.41) is 2.73. The molecule has 0 saturated carbocycles. The Hall–Kier alpha value is -1.91. The van der Waals surface area contributed by atoms with Crippen LogP contribution in [0.1, 0.15) is 19.8 Å². The molecule has 0 unspecified atom stereocenters. The molecule has 1 aliphatic rings. The van der Waals surface area contributed by atoms with Gasteiger partial charge in [0.1, 0.15) is 0 Å². The van der Waals surface area contributed by atoms with E-state index in [2.05, 4.69) is 5.32 Å². The molecular formula is C12H16N2O3. The van der Waals surface area contributed by atoms with Gasteiger partial charge in [-0.2, -0.15) is 0 Å². The summed E-state index contributed by atoms with van der Waals surface area (Å²) in [6.07, 6.45) is 1.25. The van der Waals surface area contributed by atoms with Crippen LogP contribution >= 0.6 is 0 Å². The Labute approximate surface area is 99.9 Å². The van der Waals surface area contributed by atoms with Gasteiger partial charge in [0, 0.05) is 25.0 Å². The molecule has 5 heteroatoms. The molecule has 17 heavy (non-hydrogen) atoms. The SMILES string of the molecule is CCC(=O)Nc1cc2c(cc1N)OCCCO2. The van der Waals surface area contributed by atoms with Gasteiger partial charge in [-0.05, 0) is 0 Å². The third-order valence-corrected chi connectivity index (χ3v) is 2.51. The highest BCUT2D eigenvalue weighted by Crippen LogP contribution is 2.36. The molecule has 1 aliphatic heterocycles. The van der Waals surface area contributed by atoms with E-state index in [0.29, 0.717) is 42.5 Å². The number of hydrogen-bond acceptors (Lipinski definition) is 4. The third-order valence-electron chi connectivity index (χ3n) is 2.51. The maximum atomic E-state index is 11.3. The Bertz CT molecular complexity index is 432. The zero-order valence-corrected chi connectivity index (χ0v) is 9.79. The van der Waals surface area contributed by atoms with Gasteiger partial charge >= 0.3 is 0 Å². The first-order chi connectivity index (χ1) is 8.20. The molecule has 0 aromatic heterocycles. The van der Waals surface area contributed by atoms with Crippen LogP contribution in [0, 0.1) is 0 Å². The smallest absolute Gasteiger partial charge is 0.224 e. The topological polar surface area (TPSA) is 73.6 Å². The van der Waals surface area contributed by atoms with Crippen molar-refractivity contribution in [2.75, 3.05) is 24.3 Å². The molecule has 92 valence electrons. The highest BCUT2D eigenvalue weighted by atomic mass is 16.5. The summed E-state index contributed by atoms with van der Waals surface area (Å²) in [6, 6.07) is 3.40. The average molecular weight is 236 g/mol. The highest BCUT2D eigenvalue weighted by Gasteiger charge is 2.14. The minimum atomic E-state index is -0.0776. The lowest BCUT2D eigenvalue weighted by Gasteiger charge is -2.12. The second-order valence-electron chi connectivity index (χ2n) is 3.84. The first-order valence-corrected chi connectivity index (χ1v) is 5.69. The zero-order valence-electron chi connectivity index (χ0n) is 9.79. The lowest BCUT2D eigenvalue weighted by molar-refractivity contribution is -0.115. The van der Waals surface area contributed by atoms with E-state index < -0.39 is 0 Å². The summed E-state index contributed by atoms with van der Waals surface area (Å²) >= 11 is 0. The molecule has 0 atom stereocenters. The first-order valence-electron chi connectivity index (χ1n) is 5.69. The summed E-state index contributed by atoms with van der Waals surface area (Å²) in [5.74, 6) is 1.18. The molecule has 0 saturated heterocycles. The van der Waals surface area contributed by atoms with Gasteiger partial charge in [-0.25, -0.2) is 0 Å². The van der Waals surface area contributed by atoms with Gasteiger partial charge in [-0.1, -0.05) is 6.92 Å². The van der Waals surface area contributed by atoms with E-state index in [1.54, 1.807) is 19.1 Å². The summed E-state index contributed by atoms with van der Waals surface area (Å²) < 4.78 is 11.0. The standard InChI is InChI=1S/C12H16N2O3/c1-2-12(15)14-9-7-11-10(6-8(9)13)16-4-3-5-17-11/h6-7H,2-5,13H2,1H3,(H,14,15). The fraction of sp³-hybridized carbons (Fsp3) is 0.417. The molecule has 1 aromatic rings. The monoisotopic (exact) mass is 236 g/mol. The largest absolute Gasteiger partial charge is 0.489 e. The minimum Gasteiger partial charge on any atom is -0.489 e. The van der Waals surface area contributed by atoms with Crippen molar-refractivity contribution in [2.24, 2.45) is 0 Å². The van der Waals surface area contributed by atoms with Gasteiger partial charge in [0.15, 0.2) is 11.5 Å². The van der Waals surface area contributed by atoms with Gasteiger partial charge < -0.3 is 20.5 Å². The summed E-state index contributed by atoms with van der Waals surface area (Å²) in [4.78, 5) is 11.3. The fourth-order valence-corrected chi connectivity index (χ4v) is 1.57. The number of carbonyl (C=O) groups excluding carboxylic acids is 1. The van der Waals surface area contributed by atoms with Crippen molar-refractivity contribution in [1.29, 1.82) is 0 Å². The molecule has 0 spiro atoms. The Morgan fingerprint density at radius 2 is 2.00 bits per heavy atom. The number of benzene rings is 1. The number of nitrogens with one attached hydrogen (secondary N) is 1. The van der Waals surface area contributed by atoms with Gasteiger partial charge in [0.05, 0.1) is 24.6 Å². The lowest BCUT2D eigenvalue weighted by atomic mass is 10.2. The van der Waals surface area contributed by atoms with Crippen LogP contribution in [0.15, 0.2) is 12.1 Å². The quantitative estimate of drug-likeness (QED) is 0.767. The van der Waals surface area contributed by atoms with Crippen LogP contribution in [0.3, 0.4) is 0 Å². The van der Waals surface area contributed by atoms with Crippen molar-refractivity contribution in [3.63, 3.8) is 0 Å². The molecule has 1 heterocycles. The number of amides is 1. The maximum Gasteiger partial charge on any atom is 0.224 e. The maximum absolute atomic E-state index is 11.3. The van der Waals surface area contributed by atoms with Gasteiger partial charge in [0.25, 0.3) is 0 Å². The molecule has 1 aromatic carbocycles. The average Bonchev–Trinajstić information content (AvgIpc) is 2.54. The Kier molecular flexibility index (Phi) is 3.37. The number of rotatable bonds is 2. The zero-order chi connectivity index (χ0) is 12.3. The number of nitrogens with two attached hydrogens (primary N) is 1. The second-order valence-corrected chi connectivity index (χ2v) is 3.84. The Morgan fingerprint density at radius 3 is 2.65 bits per heavy atom. The number of hydrogen-bond donors (Lipinski definition) is 2. The van der Waals surface area contributed by atoms with Crippen molar-refractivity contribution >= 4 is 17.3 Å². The molecule has 5 nitrogen and oxygen atoms in total. The molecule has 2 rings (SSSR count). The number of carbonyl (C=O) groups is 1. The van der Waals surface area contributed by atoms with Gasteiger partial charge in [-0.15, -0.1) is 0 Å². The van der Waals surface area contributed by atoms with Crippen LogP contribution in [0.25, 0.3) is 0 Å². The van der Waals surface area contributed by atoms with Crippen LogP contribution in [0.4, 0.5) is 11.4 Å². The number of ether oxygens (including phenoxy) is 2. The van der Waals surface area contributed by atoms with Gasteiger partial charge in [0.2, 0.25) is 5.91 Å². The van der Waals surface area contributed by atoms with Crippen LogP contribution in [0.5, 0.6) is 11.5 Å². The van der Waals surface area contributed by atoms with Crippen molar-refractivity contribution in [3.05, 3.63) is 12.1 Å². The minimum absolute atomic E-state index is 0.0776. The van der Waals surface area contributed by atoms with E-state index in [9.17, 15) is 4.79 Å². The third kappa shape index (κ3) is 2.61. The summed E-state index contributed by atoms with van der Waals surface area (Å²) in [6.45, 7) is 3.01. The second kappa shape index (κ2) is 4.95. The Morgan fingerprint density at radius 1 is 1.35 bits per heavy atom.